The Kier molecular flexibility index (Phi) is 6.82. The van der Waals surface area contributed by atoms with Crippen LogP contribution in [0.5, 0.6) is 5.75 Å². The van der Waals surface area contributed by atoms with Gasteiger partial charge in [-0.1, -0.05) is 18.2 Å². The summed E-state index contributed by atoms with van der Waals surface area (Å²) in [6, 6.07) is 9.54. The van der Waals surface area contributed by atoms with E-state index >= 15 is 0 Å². The molecule has 0 spiro atoms. The molecule has 0 atom stereocenters. The van der Waals surface area contributed by atoms with E-state index < -0.39 is 36.1 Å². The Hall–Kier alpha value is -4.13. The van der Waals surface area contributed by atoms with Crippen LogP contribution < -0.4 is 15.8 Å². The molecule has 0 saturated heterocycles. The van der Waals surface area contributed by atoms with Crippen LogP contribution in [0.4, 0.5) is 26.3 Å². The third-order valence-corrected chi connectivity index (χ3v) is 5.42. The Labute approximate surface area is 205 Å². The maximum absolute atomic E-state index is 13.2. The second-order valence-electron chi connectivity index (χ2n) is 7.74. The Morgan fingerprint density at radius 1 is 1.00 bits per heavy atom. The first-order chi connectivity index (χ1) is 17.4. The van der Waals surface area contributed by atoms with E-state index in [9.17, 15) is 31.1 Å². The van der Waals surface area contributed by atoms with Crippen molar-refractivity contribution in [3.63, 3.8) is 0 Å². The minimum absolute atomic E-state index is 0.0664. The molecule has 7 nitrogen and oxygen atoms in total. The minimum Gasteiger partial charge on any atom is -0.494 e. The fourth-order valence-electron chi connectivity index (χ4n) is 3.69. The van der Waals surface area contributed by atoms with E-state index in [0.29, 0.717) is 0 Å². The Bertz CT molecular complexity index is 1460. The second-order valence-corrected chi connectivity index (χ2v) is 7.74. The number of carbonyl (C=O) groups is 1. The quantitative estimate of drug-likeness (QED) is 0.331. The van der Waals surface area contributed by atoms with E-state index in [-0.39, 0.29) is 51.7 Å². The molecule has 2 heterocycles. The highest BCUT2D eigenvalue weighted by molar-refractivity contribution is 5.98. The number of nitrogens with zero attached hydrogens (tertiary/aromatic N) is 2. The van der Waals surface area contributed by atoms with Gasteiger partial charge in [0.2, 0.25) is 5.89 Å². The highest BCUT2D eigenvalue weighted by Crippen LogP contribution is 2.37. The number of nitrogens with two attached hydrogens (primary N) is 1. The number of nitrogens with one attached hydrogen (secondary N) is 1. The van der Waals surface area contributed by atoms with Crippen molar-refractivity contribution in [2.45, 2.75) is 25.4 Å². The molecule has 0 saturated carbocycles. The molecular weight excluding hydrogens is 506 g/mol. The molecule has 1 amide bonds. The smallest absolute Gasteiger partial charge is 0.433 e. The average molecular weight is 524 g/mol. The van der Waals surface area contributed by atoms with Crippen molar-refractivity contribution >= 4 is 16.8 Å². The van der Waals surface area contributed by atoms with Crippen LogP contribution in [0, 0.1) is 0 Å². The average Bonchev–Trinajstić information content (AvgIpc) is 3.29. The number of hydrogen-bond donors (Lipinski definition) is 2. The number of aromatic nitrogens is 2. The third kappa shape index (κ3) is 5.21. The summed E-state index contributed by atoms with van der Waals surface area (Å²) in [7, 11) is 1.27. The molecule has 0 aliphatic carbocycles. The van der Waals surface area contributed by atoms with E-state index in [1.54, 1.807) is 0 Å². The number of carbonyl (C=O) groups excluding carboxylic acids is 1. The van der Waals surface area contributed by atoms with Crippen LogP contribution >= 0.6 is 0 Å². The summed E-state index contributed by atoms with van der Waals surface area (Å²) < 4.78 is 90.1. The molecule has 37 heavy (non-hydrogen) atoms. The van der Waals surface area contributed by atoms with Crippen molar-refractivity contribution in [1.82, 2.24) is 15.3 Å². The molecule has 13 heteroatoms. The van der Waals surface area contributed by atoms with Gasteiger partial charge in [-0.3, -0.25) is 4.79 Å². The van der Waals surface area contributed by atoms with Crippen LogP contribution in [-0.4, -0.2) is 23.0 Å². The Morgan fingerprint density at radius 2 is 1.73 bits per heavy atom. The topological polar surface area (TPSA) is 103 Å². The zero-order valence-corrected chi connectivity index (χ0v) is 19.0. The lowest BCUT2D eigenvalue weighted by molar-refractivity contribution is -0.141. The fraction of sp³-hybridized carbons (Fsp3) is 0.208. The van der Waals surface area contributed by atoms with Gasteiger partial charge in [-0.15, -0.1) is 0 Å². The van der Waals surface area contributed by atoms with Gasteiger partial charge in [0.05, 0.1) is 19.2 Å². The molecule has 0 aliphatic rings. The molecule has 0 aliphatic heterocycles. The summed E-state index contributed by atoms with van der Waals surface area (Å²) >= 11 is 0. The van der Waals surface area contributed by atoms with Crippen molar-refractivity contribution in [3.8, 4) is 17.2 Å². The molecule has 0 radical (unpaired) electrons. The molecule has 3 N–H and O–H groups in total. The summed E-state index contributed by atoms with van der Waals surface area (Å²) in [4.78, 5) is 20.6. The Morgan fingerprint density at radius 3 is 2.38 bits per heavy atom. The van der Waals surface area contributed by atoms with Gasteiger partial charge in [-0.25, -0.2) is 9.97 Å². The van der Waals surface area contributed by atoms with Gasteiger partial charge in [0.1, 0.15) is 17.0 Å². The predicted octanol–water partition coefficient (Wildman–Crippen LogP) is 5.32. The number of ether oxygens (including phenoxy) is 1. The van der Waals surface area contributed by atoms with Gasteiger partial charge in [-0.2, -0.15) is 26.3 Å². The van der Waals surface area contributed by atoms with E-state index in [1.165, 1.54) is 43.5 Å². The first-order valence-electron chi connectivity index (χ1n) is 10.6. The lowest BCUT2D eigenvalue weighted by Gasteiger charge is -2.13. The molecule has 0 fully saturated rings. The molecular formula is C24H18F6N4O3. The molecule has 2 aromatic carbocycles. The number of hydrogen-bond acceptors (Lipinski definition) is 6. The maximum Gasteiger partial charge on any atom is 0.433 e. The molecule has 2 aromatic heterocycles. The second kappa shape index (κ2) is 9.73. The van der Waals surface area contributed by atoms with Gasteiger partial charge in [0.25, 0.3) is 5.91 Å². The molecule has 0 unspecified atom stereocenters. The monoisotopic (exact) mass is 524 g/mol. The summed E-state index contributed by atoms with van der Waals surface area (Å²) in [6.07, 6.45) is -9.30. The number of alkyl halides is 6. The molecule has 194 valence electrons. The van der Waals surface area contributed by atoms with Crippen LogP contribution in [0.15, 0.2) is 52.9 Å². The number of fused-ring (bicyclic) bond motifs is 1. The van der Waals surface area contributed by atoms with Crippen molar-refractivity contribution in [3.05, 3.63) is 76.8 Å². The van der Waals surface area contributed by atoms with E-state index in [2.05, 4.69) is 15.3 Å². The fourth-order valence-corrected chi connectivity index (χ4v) is 3.69. The van der Waals surface area contributed by atoms with Gasteiger partial charge in [0, 0.05) is 17.5 Å². The third-order valence-electron chi connectivity index (χ3n) is 5.42. The lowest BCUT2D eigenvalue weighted by atomic mass is 10.1. The minimum atomic E-state index is -4.69. The molecule has 4 aromatic rings. The van der Waals surface area contributed by atoms with Crippen molar-refractivity contribution < 1.29 is 40.3 Å². The molecule has 0 bridgehead atoms. The first kappa shape index (κ1) is 25.9. The summed E-state index contributed by atoms with van der Waals surface area (Å²) in [5.41, 5.74) is 3.30. The van der Waals surface area contributed by atoms with Crippen LogP contribution in [0.1, 0.15) is 33.1 Å². The van der Waals surface area contributed by atoms with Crippen molar-refractivity contribution in [1.29, 1.82) is 0 Å². The van der Waals surface area contributed by atoms with Gasteiger partial charge in [-0.05, 0) is 35.9 Å². The van der Waals surface area contributed by atoms with Gasteiger partial charge >= 0.3 is 12.4 Å². The van der Waals surface area contributed by atoms with E-state index in [0.717, 1.165) is 12.1 Å². The summed E-state index contributed by atoms with van der Waals surface area (Å²) in [6.45, 7) is -0.726. The highest BCUT2D eigenvalue weighted by Gasteiger charge is 2.34. The number of benzene rings is 2. The van der Waals surface area contributed by atoms with Crippen LogP contribution in [0.3, 0.4) is 0 Å². The number of rotatable bonds is 6. The van der Waals surface area contributed by atoms with Crippen LogP contribution in [0.25, 0.3) is 22.4 Å². The predicted molar refractivity (Wildman–Crippen MR) is 119 cm³/mol. The maximum atomic E-state index is 13.2. The van der Waals surface area contributed by atoms with Gasteiger partial charge in [0.15, 0.2) is 11.5 Å². The largest absolute Gasteiger partial charge is 0.494 e. The number of pyridine rings is 1. The van der Waals surface area contributed by atoms with Gasteiger partial charge < -0.3 is 20.2 Å². The lowest BCUT2D eigenvalue weighted by Crippen LogP contribution is -2.26. The van der Waals surface area contributed by atoms with Crippen LogP contribution in [-0.2, 0) is 25.4 Å². The number of methoxy groups -OCH3 is 1. The molecule has 4 rings (SSSR count). The normalized spacial score (nSPS) is 12.1. The number of halogens is 6. The van der Waals surface area contributed by atoms with Crippen molar-refractivity contribution in [2.24, 2.45) is 5.73 Å². The highest BCUT2D eigenvalue weighted by atomic mass is 19.4. The number of amides is 1. The summed E-state index contributed by atoms with van der Waals surface area (Å²) in [5, 5.41) is 2.57. The van der Waals surface area contributed by atoms with E-state index in [4.69, 9.17) is 14.9 Å². The SMILES string of the molecule is COc1ccc(-c2nc(C(=O)NCc3ccccc3C(F)(F)F)c(CN)o2)c2ccc(C(F)(F)F)nc12. The Balaban J connectivity index is 1.69. The summed E-state index contributed by atoms with van der Waals surface area (Å²) in [5.74, 6) is -0.990. The zero-order chi connectivity index (χ0) is 27.0. The van der Waals surface area contributed by atoms with Crippen molar-refractivity contribution in [2.75, 3.05) is 7.11 Å². The first-order valence-corrected chi connectivity index (χ1v) is 10.6. The van der Waals surface area contributed by atoms with Crippen LogP contribution in [0.2, 0.25) is 0 Å². The van der Waals surface area contributed by atoms with E-state index in [1.807, 2.05) is 0 Å². The standard InChI is InChI=1S/C24H18F6N4O3/c1-36-16-8-6-14(13-7-9-18(24(28,29)30)33-19(13)16)22-34-20(17(10-31)37-22)21(35)32-11-12-4-2-3-5-15(12)23(25,26)27/h2-9H,10-11,31H2,1H3,(H,32,35). The number of oxazole rings is 1. The zero-order valence-electron chi connectivity index (χ0n) is 19.0.